The maximum Gasteiger partial charge on any atom is 0.414 e. The van der Waals surface area contributed by atoms with Crippen molar-refractivity contribution in [2.45, 2.75) is 32.0 Å². The zero-order chi connectivity index (χ0) is 10.5. The fourth-order valence-electron chi connectivity index (χ4n) is 0.651. The molecule has 0 rings (SSSR count). The van der Waals surface area contributed by atoms with Crippen LogP contribution in [0.5, 0.6) is 0 Å². The fraction of sp³-hybridized carbons (Fsp3) is 0.857. The highest BCUT2D eigenvalue weighted by Gasteiger charge is 2.37. The van der Waals surface area contributed by atoms with Crippen LogP contribution < -0.4 is 0 Å². The first kappa shape index (κ1) is 12.2. The van der Waals surface area contributed by atoms with Crippen LogP contribution in [0, 0.1) is 0 Å². The molecule has 0 fully saturated rings. The Kier molecular flexibility index (Phi) is 4.76. The van der Waals surface area contributed by atoms with Crippen molar-refractivity contribution in [1.82, 2.24) is 0 Å². The van der Waals surface area contributed by atoms with E-state index in [2.05, 4.69) is 4.74 Å². The molecule has 0 saturated heterocycles. The van der Waals surface area contributed by atoms with Gasteiger partial charge in [0.2, 0.25) is 0 Å². The molecule has 0 aromatic rings. The first-order chi connectivity index (χ1) is 5.88. The number of rotatable bonds is 4. The van der Waals surface area contributed by atoms with E-state index in [0.717, 1.165) is 0 Å². The van der Waals surface area contributed by atoms with Crippen LogP contribution in [0.15, 0.2) is 0 Å². The Hall–Kier alpha value is -0.780. The summed E-state index contributed by atoms with van der Waals surface area (Å²) in [6.07, 6.45) is -8.18. The van der Waals surface area contributed by atoms with E-state index >= 15 is 0 Å². The number of carbonyl (C=O) groups excluding carboxylic acids is 1. The van der Waals surface area contributed by atoms with Crippen molar-refractivity contribution in [2.75, 3.05) is 6.61 Å². The highest BCUT2D eigenvalue weighted by atomic mass is 19.4. The van der Waals surface area contributed by atoms with Crippen molar-refractivity contribution in [3.63, 3.8) is 0 Å². The summed E-state index contributed by atoms with van der Waals surface area (Å²) in [5.41, 5.74) is 0. The number of carbonyl (C=O) groups is 1. The average molecular weight is 200 g/mol. The Bertz CT molecular complexity index is 167. The normalized spacial score (nSPS) is 13.9. The third-order valence-electron chi connectivity index (χ3n) is 1.31. The van der Waals surface area contributed by atoms with Gasteiger partial charge in [-0.1, -0.05) is 0 Å². The summed E-state index contributed by atoms with van der Waals surface area (Å²) in [5, 5.41) is 8.47. The lowest BCUT2D eigenvalue weighted by Crippen LogP contribution is -2.29. The maximum absolute atomic E-state index is 11.7. The smallest absolute Gasteiger partial charge is 0.414 e. The highest BCUT2D eigenvalue weighted by molar-refractivity contribution is 5.69. The van der Waals surface area contributed by atoms with Gasteiger partial charge in [0, 0.05) is 6.42 Å². The van der Waals surface area contributed by atoms with Gasteiger partial charge >= 0.3 is 12.1 Å². The summed E-state index contributed by atoms with van der Waals surface area (Å²) in [6.45, 7) is 1.68. The standard InChI is InChI=1S/C7H11F3O3/c1-2-13-6(12)4-3-5(11)7(8,9)10/h5,11H,2-4H2,1H3. The van der Waals surface area contributed by atoms with Gasteiger partial charge in [-0.15, -0.1) is 0 Å². The maximum atomic E-state index is 11.7. The first-order valence-corrected chi connectivity index (χ1v) is 3.78. The SMILES string of the molecule is CCOC(=O)CCC(O)C(F)(F)F. The second-order valence-electron chi connectivity index (χ2n) is 2.40. The summed E-state index contributed by atoms with van der Waals surface area (Å²) in [5.74, 6) is -0.731. The molecule has 13 heavy (non-hydrogen) atoms. The number of aliphatic hydroxyl groups excluding tert-OH is 1. The average Bonchev–Trinajstić information content (AvgIpc) is 1.99. The summed E-state index contributed by atoms with van der Waals surface area (Å²) in [6, 6.07) is 0. The molecule has 0 aliphatic heterocycles. The van der Waals surface area contributed by atoms with Gasteiger partial charge in [0.25, 0.3) is 0 Å². The Morgan fingerprint density at radius 1 is 1.54 bits per heavy atom. The molecule has 0 aliphatic rings. The van der Waals surface area contributed by atoms with Crippen LogP contribution in [-0.2, 0) is 9.53 Å². The summed E-state index contributed by atoms with van der Waals surface area (Å²) in [4.78, 5) is 10.6. The highest BCUT2D eigenvalue weighted by Crippen LogP contribution is 2.23. The lowest BCUT2D eigenvalue weighted by Gasteiger charge is -2.13. The van der Waals surface area contributed by atoms with E-state index in [1.807, 2.05) is 0 Å². The molecule has 0 spiro atoms. The minimum Gasteiger partial charge on any atom is -0.466 e. The molecule has 1 atom stereocenters. The minimum absolute atomic E-state index is 0.126. The first-order valence-electron chi connectivity index (χ1n) is 3.78. The second-order valence-corrected chi connectivity index (χ2v) is 2.40. The fourth-order valence-corrected chi connectivity index (χ4v) is 0.651. The van der Waals surface area contributed by atoms with Crippen molar-refractivity contribution in [1.29, 1.82) is 0 Å². The Morgan fingerprint density at radius 3 is 2.46 bits per heavy atom. The Balaban J connectivity index is 3.70. The zero-order valence-electron chi connectivity index (χ0n) is 7.10. The van der Waals surface area contributed by atoms with Gasteiger partial charge in [0.05, 0.1) is 6.61 Å². The van der Waals surface area contributed by atoms with E-state index < -0.39 is 31.1 Å². The van der Waals surface area contributed by atoms with Gasteiger partial charge in [-0.2, -0.15) is 13.2 Å². The molecule has 0 aromatic heterocycles. The van der Waals surface area contributed by atoms with Crippen molar-refractivity contribution < 1.29 is 27.8 Å². The number of hydrogen-bond acceptors (Lipinski definition) is 3. The van der Waals surface area contributed by atoms with Crippen molar-refractivity contribution in [2.24, 2.45) is 0 Å². The number of aliphatic hydroxyl groups is 1. The number of alkyl halides is 3. The van der Waals surface area contributed by atoms with Crippen molar-refractivity contribution in [3.05, 3.63) is 0 Å². The molecule has 0 saturated carbocycles. The molecule has 1 unspecified atom stereocenters. The molecule has 0 radical (unpaired) electrons. The van der Waals surface area contributed by atoms with E-state index in [1.165, 1.54) is 0 Å². The largest absolute Gasteiger partial charge is 0.466 e. The molecular formula is C7H11F3O3. The van der Waals surface area contributed by atoms with Gasteiger partial charge in [0.1, 0.15) is 6.10 Å². The zero-order valence-corrected chi connectivity index (χ0v) is 7.10. The van der Waals surface area contributed by atoms with Crippen LogP contribution in [0.4, 0.5) is 13.2 Å². The van der Waals surface area contributed by atoms with Gasteiger partial charge in [0.15, 0.2) is 0 Å². The van der Waals surface area contributed by atoms with E-state index in [0.29, 0.717) is 0 Å². The van der Waals surface area contributed by atoms with Crippen molar-refractivity contribution in [3.8, 4) is 0 Å². The van der Waals surface area contributed by atoms with Crippen LogP contribution in [0.1, 0.15) is 19.8 Å². The predicted octanol–water partition coefficient (Wildman–Crippen LogP) is 1.25. The van der Waals surface area contributed by atoms with E-state index in [4.69, 9.17) is 5.11 Å². The lowest BCUT2D eigenvalue weighted by molar-refractivity contribution is -0.206. The molecule has 0 heterocycles. The third-order valence-corrected chi connectivity index (χ3v) is 1.31. The lowest BCUT2D eigenvalue weighted by atomic mass is 10.2. The molecule has 0 aliphatic carbocycles. The molecule has 78 valence electrons. The van der Waals surface area contributed by atoms with E-state index in [-0.39, 0.29) is 6.61 Å². The van der Waals surface area contributed by atoms with Crippen molar-refractivity contribution >= 4 is 5.97 Å². The number of ether oxygens (including phenoxy) is 1. The topological polar surface area (TPSA) is 46.5 Å². The van der Waals surface area contributed by atoms with Crippen LogP contribution in [-0.4, -0.2) is 30.0 Å². The molecular weight excluding hydrogens is 189 g/mol. The molecule has 0 bridgehead atoms. The molecule has 0 amide bonds. The quantitative estimate of drug-likeness (QED) is 0.695. The number of halogens is 3. The summed E-state index contributed by atoms with van der Waals surface area (Å²) < 4.78 is 39.4. The van der Waals surface area contributed by atoms with E-state index in [1.54, 1.807) is 6.92 Å². The van der Waals surface area contributed by atoms with Gasteiger partial charge in [-0.3, -0.25) is 4.79 Å². The minimum atomic E-state index is -4.66. The van der Waals surface area contributed by atoms with Crippen LogP contribution in [0.2, 0.25) is 0 Å². The Labute approximate surface area is 73.5 Å². The molecule has 3 nitrogen and oxygen atoms in total. The van der Waals surface area contributed by atoms with Gasteiger partial charge in [-0.05, 0) is 13.3 Å². The van der Waals surface area contributed by atoms with Crippen LogP contribution in [0.3, 0.4) is 0 Å². The summed E-state index contributed by atoms with van der Waals surface area (Å²) in [7, 11) is 0. The Morgan fingerprint density at radius 2 is 2.08 bits per heavy atom. The third kappa shape index (κ3) is 5.46. The molecule has 1 N–H and O–H groups in total. The van der Waals surface area contributed by atoms with Gasteiger partial charge in [-0.25, -0.2) is 0 Å². The van der Waals surface area contributed by atoms with Crippen LogP contribution in [0.25, 0.3) is 0 Å². The predicted molar refractivity (Wildman–Crippen MR) is 37.9 cm³/mol. The number of hydrogen-bond donors (Lipinski definition) is 1. The second kappa shape index (κ2) is 5.06. The molecule has 6 heteroatoms. The van der Waals surface area contributed by atoms with Crippen LogP contribution >= 0.6 is 0 Å². The number of esters is 1. The molecule has 0 aromatic carbocycles. The monoisotopic (exact) mass is 200 g/mol. The van der Waals surface area contributed by atoms with E-state index in [9.17, 15) is 18.0 Å². The summed E-state index contributed by atoms with van der Waals surface area (Å²) >= 11 is 0. The van der Waals surface area contributed by atoms with Gasteiger partial charge < -0.3 is 9.84 Å².